The molecule has 0 heterocycles. The third-order valence-corrected chi connectivity index (χ3v) is 6.02. The summed E-state index contributed by atoms with van der Waals surface area (Å²) in [5, 5.41) is 13.8. The van der Waals surface area contributed by atoms with Crippen LogP contribution in [-0.2, 0) is 0 Å². The van der Waals surface area contributed by atoms with E-state index in [4.69, 9.17) is 0 Å². The molecule has 1 aliphatic rings. The van der Waals surface area contributed by atoms with Crippen LogP contribution in [0.2, 0.25) is 0 Å². The lowest BCUT2D eigenvalue weighted by Crippen LogP contribution is -2.43. The lowest BCUT2D eigenvalue weighted by Gasteiger charge is -2.34. The second-order valence-corrected chi connectivity index (χ2v) is 9.63. The summed E-state index contributed by atoms with van der Waals surface area (Å²) in [4.78, 5) is 12.5. The maximum Gasteiger partial charge on any atom is 0.251 e. The largest absolute Gasteiger partial charge is 0.391 e. The second-order valence-electron chi connectivity index (χ2n) is 9.63. The minimum absolute atomic E-state index is 0.0821. The van der Waals surface area contributed by atoms with Crippen LogP contribution in [0.25, 0.3) is 0 Å². The third-order valence-electron chi connectivity index (χ3n) is 6.02. The van der Waals surface area contributed by atoms with Gasteiger partial charge in [-0.15, -0.1) is 0 Å². The van der Waals surface area contributed by atoms with Crippen LogP contribution in [0.5, 0.6) is 0 Å². The van der Waals surface area contributed by atoms with Gasteiger partial charge in [-0.3, -0.25) is 4.79 Å². The van der Waals surface area contributed by atoms with Gasteiger partial charge in [0.15, 0.2) is 0 Å². The molecule has 3 heteroatoms. The first kappa shape index (κ1) is 21.0. The van der Waals surface area contributed by atoms with Crippen molar-refractivity contribution in [3.63, 3.8) is 0 Å². The molecule has 0 aliphatic heterocycles. The van der Waals surface area contributed by atoms with Crippen LogP contribution >= 0.6 is 0 Å². The zero-order valence-corrected chi connectivity index (χ0v) is 17.1. The minimum atomic E-state index is -0.471. The highest BCUT2D eigenvalue weighted by Crippen LogP contribution is 2.38. The SMILES string of the molecule is CC1(C)CCC[C@H](NC(=O)c2ccccc2)[C@@H](O)CCCC(C)(C)CC1. The molecule has 0 bridgehead atoms. The van der Waals surface area contributed by atoms with Gasteiger partial charge < -0.3 is 10.4 Å². The summed E-state index contributed by atoms with van der Waals surface area (Å²) < 4.78 is 0. The molecule has 26 heavy (non-hydrogen) atoms. The van der Waals surface area contributed by atoms with Gasteiger partial charge in [-0.1, -0.05) is 58.7 Å². The predicted octanol–water partition coefficient (Wildman–Crippen LogP) is 5.33. The van der Waals surface area contributed by atoms with Crippen molar-refractivity contribution in [1.82, 2.24) is 5.32 Å². The fraction of sp³-hybridized carbons (Fsp3) is 0.696. The van der Waals surface area contributed by atoms with Crippen molar-refractivity contribution in [1.29, 1.82) is 0 Å². The highest BCUT2D eigenvalue weighted by atomic mass is 16.3. The van der Waals surface area contributed by atoms with Crippen molar-refractivity contribution in [3.05, 3.63) is 35.9 Å². The van der Waals surface area contributed by atoms with Crippen molar-refractivity contribution in [2.75, 3.05) is 0 Å². The van der Waals surface area contributed by atoms with Crippen LogP contribution in [0.4, 0.5) is 0 Å². The fourth-order valence-corrected chi connectivity index (χ4v) is 3.92. The topological polar surface area (TPSA) is 49.3 Å². The van der Waals surface area contributed by atoms with Gasteiger partial charge in [0.2, 0.25) is 0 Å². The van der Waals surface area contributed by atoms with E-state index in [-0.39, 0.29) is 11.9 Å². The number of hydrogen-bond donors (Lipinski definition) is 2. The van der Waals surface area contributed by atoms with Crippen molar-refractivity contribution in [2.45, 2.75) is 91.2 Å². The van der Waals surface area contributed by atoms with Gasteiger partial charge in [0.1, 0.15) is 0 Å². The molecule has 1 aromatic rings. The van der Waals surface area contributed by atoms with E-state index in [1.807, 2.05) is 30.3 Å². The summed E-state index contributed by atoms with van der Waals surface area (Å²) in [5.74, 6) is -0.0821. The minimum Gasteiger partial charge on any atom is -0.391 e. The smallest absolute Gasteiger partial charge is 0.251 e. The number of rotatable bonds is 2. The Hall–Kier alpha value is -1.35. The van der Waals surface area contributed by atoms with Crippen molar-refractivity contribution < 1.29 is 9.90 Å². The average Bonchev–Trinajstić information content (AvgIpc) is 2.59. The lowest BCUT2D eigenvalue weighted by molar-refractivity contribution is 0.0755. The molecule has 2 atom stereocenters. The van der Waals surface area contributed by atoms with Gasteiger partial charge in [0, 0.05) is 5.56 Å². The number of nitrogens with one attached hydrogen (secondary N) is 1. The zero-order valence-electron chi connectivity index (χ0n) is 17.1. The third kappa shape index (κ3) is 6.75. The molecule has 1 saturated carbocycles. The second kappa shape index (κ2) is 9.03. The first-order valence-corrected chi connectivity index (χ1v) is 10.2. The van der Waals surface area contributed by atoms with Crippen molar-refractivity contribution in [2.24, 2.45) is 10.8 Å². The Morgan fingerprint density at radius 2 is 1.46 bits per heavy atom. The molecule has 0 spiro atoms. The Bertz CT molecular complexity index is 565. The van der Waals surface area contributed by atoms with E-state index < -0.39 is 6.10 Å². The van der Waals surface area contributed by atoms with Gasteiger partial charge in [-0.05, 0) is 61.5 Å². The van der Waals surface area contributed by atoms with Gasteiger partial charge in [0.25, 0.3) is 5.91 Å². The number of carbonyl (C=O) groups is 1. The summed E-state index contributed by atoms with van der Waals surface area (Å²) in [6, 6.07) is 9.13. The highest BCUT2D eigenvalue weighted by Gasteiger charge is 2.28. The molecule has 0 radical (unpaired) electrons. The Morgan fingerprint density at radius 3 is 2.04 bits per heavy atom. The number of aliphatic hydroxyl groups is 1. The van der Waals surface area contributed by atoms with Crippen LogP contribution in [-0.4, -0.2) is 23.2 Å². The van der Waals surface area contributed by atoms with Crippen LogP contribution in [0.15, 0.2) is 30.3 Å². The summed E-state index contributed by atoms with van der Waals surface area (Å²) in [5.41, 5.74) is 1.29. The first-order chi connectivity index (χ1) is 12.2. The van der Waals surface area contributed by atoms with Gasteiger partial charge in [-0.2, -0.15) is 0 Å². The van der Waals surface area contributed by atoms with E-state index >= 15 is 0 Å². The van der Waals surface area contributed by atoms with Crippen LogP contribution in [0.3, 0.4) is 0 Å². The number of hydrogen-bond acceptors (Lipinski definition) is 2. The summed E-state index contributed by atoms with van der Waals surface area (Å²) in [7, 11) is 0. The number of carbonyl (C=O) groups excluding carboxylic acids is 1. The molecule has 1 amide bonds. The van der Waals surface area contributed by atoms with E-state index in [2.05, 4.69) is 33.0 Å². The van der Waals surface area contributed by atoms with Crippen molar-refractivity contribution in [3.8, 4) is 0 Å². The summed E-state index contributed by atoms with van der Waals surface area (Å²) >= 11 is 0. The Labute approximate surface area is 159 Å². The molecule has 146 valence electrons. The number of benzene rings is 1. The predicted molar refractivity (Wildman–Crippen MR) is 108 cm³/mol. The fourth-order valence-electron chi connectivity index (χ4n) is 3.92. The van der Waals surface area contributed by atoms with Crippen LogP contribution < -0.4 is 5.32 Å². The van der Waals surface area contributed by atoms with E-state index in [9.17, 15) is 9.90 Å². The lowest BCUT2D eigenvalue weighted by atomic mass is 9.73. The van der Waals surface area contributed by atoms with Crippen LogP contribution in [0.1, 0.15) is 89.4 Å². The van der Waals surface area contributed by atoms with E-state index in [0.717, 1.165) is 38.5 Å². The number of amides is 1. The summed E-state index contributed by atoms with van der Waals surface area (Å²) in [6.45, 7) is 9.39. The molecule has 0 aromatic heterocycles. The molecule has 2 rings (SSSR count). The van der Waals surface area contributed by atoms with E-state index in [1.165, 1.54) is 12.8 Å². The van der Waals surface area contributed by atoms with Crippen LogP contribution in [0, 0.1) is 10.8 Å². The van der Waals surface area contributed by atoms with E-state index in [0.29, 0.717) is 16.4 Å². The number of aliphatic hydroxyl groups excluding tert-OH is 1. The molecule has 0 unspecified atom stereocenters. The molecular weight excluding hydrogens is 322 g/mol. The van der Waals surface area contributed by atoms with Gasteiger partial charge in [0.05, 0.1) is 12.1 Å². The van der Waals surface area contributed by atoms with Gasteiger partial charge in [-0.25, -0.2) is 0 Å². The van der Waals surface area contributed by atoms with Gasteiger partial charge >= 0.3 is 0 Å². The Kier molecular flexibility index (Phi) is 7.28. The standard InChI is InChI=1S/C23H37NO2/c1-22(2)14-8-12-19(24-21(26)18-10-6-5-7-11-18)20(25)13-9-15-23(3,4)17-16-22/h5-7,10-11,19-20,25H,8-9,12-17H2,1-4H3,(H,24,26)/t19-,20-/m0/s1. The van der Waals surface area contributed by atoms with E-state index in [1.54, 1.807) is 0 Å². The Morgan fingerprint density at radius 1 is 0.923 bits per heavy atom. The molecule has 2 N–H and O–H groups in total. The molecule has 1 aromatic carbocycles. The van der Waals surface area contributed by atoms with Crippen molar-refractivity contribution >= 4 is 5.91 Å². The Balaban J connectivity index is 2.05. The normalized spacial score (nSPS) is 27.0. The molecule has 0 saturated heterocycles. The molecule has 1 aliphatic carbocycles. The molecular formula is C23H37NO2. The summed E-state index contributed by atoms with van der Waals surface area (Å²) in [6.07, 6.45) is 7.90. The monoisotopic (exact) mass is 359 g/mol. The molecule has 3 nitrogen and oxygen atoms in total. The zero-order chi connectivity index (χ0) is 19.2. The first-order valence-electron chi connectivity index (χ1n) is 10.2. The highest BCUT2D eigenvalue weighted by molar-refractivity contribution is 5.94. The average molecular weight is 360 g/mol. The quantitative estimate of drug-likeness (QED) is 0.749. The maximum atomic E-state index is 12.5. The maximum absolute atomic E-state index is 12.5. The molecule has 1 fully saturated rings.